The molecule has 0 bridgehead atoms. The first-order chi connectivity index (χ1) is 9.79. The minimum absolute atomic E-state index is 0.116. The standard InChI is InChI=1S/C14H16N2O4/c17-9-2-10-19-13-6-4-12(5-7-13)11-20-16-14(18)3-1-8-15-16/h1,3-8,17H,2,9-11H2. The lowest BCUT2D eigenvalue weighted by molar-refractivity contribution is 0.0594. The van der Waals surface area contributed by atoms with Crippen molar-refractivity contribution in [2.45, 2.75) is 13.0 Å². The molecule has 0 saturated heterocycles. The highest BCUT2D eigenvalue weighted by molar-refractivity contribution is 5.26. The van der Waals surface area contributed by atoms with Crippen LogP contribution in [0, 0.1) is 0 Å². The summed E-state index contributed by atoms with van der Waals surface area (Å²) in [5, 5.41) is 12.5. The predicted molar refractivity (Wildman–Crippen MR) is 72.4 cm³/mol. The molecule has 0 saturated carbocycles. The van der Waals surface area contributed by atoms with E-state index in [-0.39, 0.29) is 18.8 Å². The number of aromatic nitrogens is 2. The number of rotatable bonds is 7. The third-order valence-electron chi connectivity index (χ3n) is 2.53. The average molecular weight is 276 g/mol. The average Bonchev–Trinajstić information content (AvgIpc) is 2.48. The molecule has 0 spiro atoms. The van der Waals surface area contributed by atoms with Gasteiger partial charge in [-0.05, 0) is 23.8 Å². The van der Waals surface area contributed by atoms with Crippen molar-refractivity contribution >= 4 is 0 Å². The Morgan fingerprint density at radius 2 is 2.00 bits per heavy atom. The monoisotopic (exact) mass is 276 g/mol. The topological polar surface area (TPSA) is 73.6 Å². The van der Waals surface area contributed by atoms with Crippen molar-refractivity contribution in [2.24, 2.45) is 0 Å². The quantitative estimate of drug-likeness (QED) is 0.751. The van der Waals surface area contributed by atoms with E-state index in [9.17, 15) is 4.79 Å². The third kappa shape index (κ3) is 4.10. The molecule has 2 aromatic rings. The van der Waals surface area contributed by atoms with Gasteiger partial charge in [-0.15, -0.1) is 5.10 Å². The maximum absolute atomic E-state index is 11.4. The van der Waals surface area contributed by atoms with Crippen LogP contribution in [0.1, 0.15) is 12.0 Å². The van der Waals surface area contributed by atoms with Gasteiger partial charge in [0, 0.05) is 19.1 Å². The smallest absolute Gasteiger partial charge is 0.303 e. The highest BCUT2D eigenvalue weighted by Gasteiger charge is 1.99. The van der Waals surface area contributed by atoms with Crippen LogP contribution < -0.4 is 15.1 Å². The van der Waals surface area contributed by atoms with E-state index in [1.165, 1.54) is 12.3 Å². The molecule has 6 heteroatoms. The van der Waals surface area contributed by atoms with Crippen molar-refractivity contribution in [1.82, 2.24) is 9.94 Å². The molecule has 0 aliphatic rings. The van der Waals surface area contributed by atoms with Gasteiger partial charge in [0.25, 0.3) is 0 Å². The third-order valence-corrected chi connectivity index (χ3v) is 2.53. The second kappa shape index (κ2) is 7.30. The summed E-state index contributed by atoms with van der Waals surface area (Å²) in [6.07, 6.45) is 2.09. The minimum atomic E-state index is -0.309. The highest BCUT2D eigenvalue weighted by atomic mass is 16.7. The molecule has 0 aliphatic heterocycles. The molecule has 0 atom stereocenters. The van der Waals surface area contributed by atoms with Crippen LogP contribution in [0.15, 0.2) is 47.4 Å². The van der Waals surface area contributed by atoms with Crippen molar-refractivity contribution in [3.63, 3.8) is 0 Å². The molecule has 0 unspecified atom stereocenters. The van der Waals surface area contributed by atoms with E-state index >= 15 is 0 Å². The van der Waals surface area contributed by atoms with Gasteiger partial charge < -0.3 is 14.7 Å². The molecule has 20 heavy (non-hydrogen) atoms. The van der Waals surface area contributed by atoms with Gasteiger partial charge in [-0.1, -0.05) is 17.0 Å². The SMILES string of the molecule is O=c1cccnn1OCc1ccc(OCCCO)cc1. The lowest BCUT2D eigenvalue weighted by atomic mass is 10.2. The molecule has 0 aliphatic carbocycles. The lowest BCUT2D eigenvalue weighted by Crippen LogP contribution is -2.27. The summed E-state index contributed by atoms with van der Waals surface area (Å²) < 4.78 is 5.41. The number of hydrogen-bond donors (Lipinski definition) is 1. The Morgan fingerprint density at radius 1 is 1.20 bits per heavy atom. The second-order valence-corrected chi connectivity index (χ2v) is 4.08. The molecule has 2 rings (SSSR count). The molecule has 106 valence electrons. The van der Waals surface area contributed by atoms with Crippen molar-refractivity contribution in [3.05, 3.63) is 58.5 Å². The zero-order chi connectivity index (χ0) is 14.2. The number of aliphatic hydroxyl groups excluding tert-OH is 1. The van der Waals surface area contributed by atoms with Gasteiger partial charge in [0.05, 0.1) is 12.8 Å². The van der Waals surface area contributed by atoms with Crippen LogP contribution in [-0.2, 0) is 6.61 Å². The Morgan fingerprint density at radius 3 is 2.70 bits per heavy atom. The molecule has 0 radical (unpaired) electrons. The van der Waals surface area contributed by atoms with Crippen LogP contribution in [0.2, 0.25) is 0 Å². The largest absolute Gasteiger partial charge is 0.494 e. The number of ether oxygens (including phenoxy) is 1. The summed E-state index contributed by atoms with van der Waals surface area (Å²) in [6.45, 7) is 0.842. The van der Waals surface area contributed by atoms with Crippen molar-refractivity contribution in [2.75, 3.05) is 13.2 Å². The van der Waals surface area contributed by atoms with E-state index in [1.807, 2.05) is 24.3 Å². The lowest BCUT2D eigenvalue weighted by Gasteiger charge is -2.08. The van der Waals surface area contributed by atoms with Crippen LogP contribution in [0.4, 0.5) is 0 Å². The van der Waals surface area contributed by atoms with Gasteiger partial charge in [0.1, 0.15) is 12.4 Å². The summed E-state index contributed by atoms with van der Waals surface area (Å²) in [5.74, 6) is 0.734. The Kier molecular flexibility index (Phi) is 5.14. The Hall–Kier alpha value is -2.34. The van der Waals surface area contributed by atoms with Gasteiger partial charge >= 0.3 is 5.56 Å². The Balaban J connectivity index is 1.88. The van der Waals surface area contributed by atoms with E-state index in [2.05, 4.69) is 5.10 Å². The van der Waals surface area contributed by atoms with E-state index in [1.54, 1.807) is 6.07 Å². The van der Waals surface area contributed by atoms with Crippen LogP contribution in [0.3, 0.4) is 0 Å². The molecule has 0 amide bonds. The first-order valence-electron chi connectivity index (χ1n) is 6.30. The minimum Gasteiger partial charge on any atom is -0.494 e. The normalized spacial score (nSPS) is 10.2. The van der Waals surface area contributed by atoms with Gasteiger partial charge in [-0.3, -0.25) is 4.79 Å². The fourth-order valence-electron chi connectivity index (χ4n) is 1.51. The first kappa shape index (κ1) is 14.1. The van der Waals surface area contributed by atoms with Gasteiger partial charge in [-0.2, -0.15) is 0 Å². The zero-order valence-electron chi connectivity index (χ0n) is 10.9. The fourth-order valence-corrected chi connectivity index (χ4v) is 1.51. The fraction of sp³-hybridized carbons (Fsp3) is 0.286. The van der Waals surface area contributed by atoms with E-state index < -0.39 is 0 Å². The van der Waals surface area contributed by atoms with Crippen LogP contribution in [-0.4, -0.2) is 28.3 Å². The number of hydrogen-bond acceptors (Lipinski definition) is 5. The Labute approximate surface area is 116 Å². The molecular weight excluding hydrogens is 260 g/mol. The molecular formula is C14H16N2O4. The summed E-state index contributed by atoms with van der Waals surface area (Å²) in [5.41, 5.74) is 0.591. The maximum atomic E-state index is 11.4. The molecule has 6 nitrogen and oxygen atoms in total. The Bertz CT molecular complexity index is 580. The predicted octanol–water partition coefficient (Wildman–Crippen LogP) is 0.633. The van der Waals surface area contributed by atoms with E-state index in [4.69, 9.17) is 14.7 Å². The summed E-state index contributed by atoms with van der Waals surface area (Å²) in [6, 6.07) is 10.3. The summed E-state index contributed by atoms with van der Waals surface area (Å²) in [7, 11) is 0. The van der Waals surface area contributed by atoms with E-state index in [0.717, 1.165) is 16.2 Å². The second-order valence-electron chi connectivity index (χ2n) is 4.08. The highest BCUT2D eigenvalue weighted by Crippen LogP contribution is 2.12. The van der Waals surface area contributed by atoms with Gasteiger partial charge in [0.15, 0.2) is 0 Å². The maximum Gasteiger partial charge on any atom is 0.303 e. The summed E-state index contributed by atoms with van der Waals surface area (Å²) >= 11 is 0. The number of benzene rings is 1. The molecule has 1 aromatic heterocycles. The van der Waals surface area contributed by atoms with Crippen molar-refractivity contribution in [1.29, 1.82) is 0 Å². The van der Waals surface area contributed by atoms with Gasteiger partial charge in [0.2, 0.25) is 0 Å². The van der Waals surface area contributed by atoms with Gasteiger partial charge in [-0.25, -0.2) is 0 Å². The number of aliphatic hydroxyl groups is 1. The molecule has 1 heterocycles. The molecule has 1 aromatic carbocycles. The van der Waals surface area contributed by atoms with Crippen molar-refractivity contribution in [3.8, 4) is 5.75 Å². The van der Waals surface area contributed by atoms with Crippen LogP contribution in [0.5, 0.6) is 5.75 Å². The van der Waals surface area contributed by atoms with Crippen LogP contribution >= 0.6 is 0 Å². The van der Waals surface area contributed by atoms with Crippen LogP contribution in [0.25, 0.3) is 0 Å². The first-order valence-corrected chi connectivity index (χ1v) is 6.30. The molecule has 1 N–H and O–H groups in total. The zero-order valence-corrected chi connectivity index (χ0v) is 10.9. The summed E-state index contributed by atoms with van der Waals surface area (Å²) in [4.78, 5) is 17.6. The molecule has 0 fully saturated rings. The van der Waals surface area contributed by atoms with Crippen molar-refractivity contribution < 1.29 is 14.7 Å². The van der Waals surface area contributed by atoms with E-state index in [0.29, 0.717) is 13.0 Å². The number of nitrogens with zero attached hydrogens (tertiary/aromatic N) is 2.